The normalized spacial score (nSPS) is 13.5. The zero-order valence-corrected chi connectivity index (χ0v) is 20.1. The van der Waals surface area contributed by atoms with Gasteiger partial charge in [0.15, 0.2) is 0 Å². The molecule has 3 heteroatoms. The largest absolute Gasteiger partial charge is 0.391 e. The zero-order chi connectivity index (χ0) is 21.2. The number of hydrogen-bond donors (Lipinski definition) is 1. The lowest BCUT2D eigenvalue weighted by Gasteiger charge is -2.34. The highest BCUT2D eigenvalue weighted by atomic mass is 35.5. The molecule has 0 saturated heterocycles. The van der Waals surface area contributed by atoms with Crippen LogP contribution in [0.4, 0.5) is 0 Å². The van der Waals surface area contributed by atoms with Crippen molar-refractivity contribution in [2.45, 2.75) is 103 Å². The van der Waals surface area contributed by atoms with Gasteiger partial charge < -0.3 is 9.59 Å². The van der Waals surface area contributed by atoms with Crippen LogP contribution in [0.15, 0.2) is 24.3 Å². The first-order valence-electron chi connectivity index (χ1n) is 12.3. The van der Waals surface area contributed by atoms with E-state index in [-0.39, 0.29) is 6.61 Å². The van der Waals surface area contributed by atoms with Gasteiger partial charge in [-0.25, -0.2) is 0 Å². The van der Waals surface area contributed by atoms with Crippen molar-refractivity contribution in [3.63, 3.8) is 0 Å². The standard InChI is InChI=1S/C26H47ClNO/c1-3-4-5-6-7-8-9-10-11-12-13-14-15-16-21-28(2,22-23-29)24-25-17-19-26(27)20-18-25/h17-20,29H,3-16,21-24H2,1-2H3/q+1. The SMILES string of the molecule is CCCCCCCCCCCCCCCC[N+](C)(CCO)Cc1ccc(Cl)cc1. The van der Waals surface area contributed by atoms with Crippen molar-refractivity contribution < 1.29 is 9.59 Å². The number of aliphatic hydroxyl groups excluding tert-OH is 1. The van der Waals surface area contributed by atoms with E-state index in [9.17, 15) is 5.11 Å². The lowest BCUT2D eigenvalue weighted by molar-refractivity contribution is -0.923. The van der Waals surface area contributed by atoms with E-state index < -0.39 is 0 Å². The van der Waals surface area contributed by atoms with Crippen LogP contribution in [0.1, 0.15) is 102 Å². The second kappa shape index (κ2) is 17.1. The van der Waals surface area contributed by atoms with Crippen molar-refractivity contribution in [1.29, 1.82) is 0 Å². The number of unbranched alkanes of at least 4 members (excludes halogenated alkanes) is 13. The smallest absolute Gasteiger partial charge is 0.104 e. The van der Waals surface area contributed by atoms with E-state index >= 15 is 0 Å². The van der Waals surface area contributed by atoms with Crippen LogP contribution in [-0.4, -0.2) is 36.3 Å². The number of likely N-dealkylation sites (N-methyl/N-ethyl adjacent to an activating group) is 1. The van der Waals surface area contributed by atoms with Crippen molar-refractivity contribution in [2.24, 2.45) is 0 Å². The molecule has 0 amide bonds. The highest BCUT2D eigenvalue weighted by molar-refractivity contribution is 6.30. The van der Waals surface area contributed by atoms with E-state index in [1.54, 1.807) is 0 Å². The van der Waals surface area contributed by atoms with Gasteiger partial charge in [-0.05, 0) is 25.0 Å². The van der Waals surface area contributed by atoms with E-state index in [0.29, 0.717) is 0 Å². The first-order valence-corrected chi connectivity index (χ1v) is 12.7. The maximum Gasteiger partial charge on any atom is 0.104 e. The third kappa shape index (κ3) is 14.1. The summed E-state index contributed by atoms with van der Waals surface area (Å²) >= 11 is 6.00. The van der Waals surface area contributed by atoms with Crippen LogP contribution < -0.4 is 0 Å². The second-order valence-electron chi connectivity index (χ2n) is 9.17. The maximum absolute atomic E-state index is 9.50. The summed E-state index contributed by atoms with van der Waals surface area (Å²) in [5.74, 6) is 0. The molecular weight excluding hydrogens is 378 g/mol. The quantitative estimate of drug-likeness (QED) is 0.177. The average Bonchev–Trinajstić information content (AvgIpc) is 2.70. The van der Waals surface area contributed by atoms with Crippen molar-refractivity contribution >= 4 is 11.6 Å². The number of benzene rings is 1. The van der Waals surface area contributed by atoms with Crippen molar-refractivity contribution in [3.05, 3.63) is 34.9 Å². The van der Waals surface area contributed by atoms with Crippen LogP contribution in [0.25, 0.3) is 0 Å². The Kier molecular flexibility index (Phi) is 15.6. The van der Waals surface area contributed by atoms with Gasteiger partial charge in [-0.2, -0.15) is 0 Å². The van der Waals surface area contributed by atoms with Gasteiger partial charge in [0.2, 0.25) is 0 Å². The molecule has 1 N–H and O–H groups in total. The van der Waals surface area contributed by atoms with E-state index in [2.05, 4.69) is 26.1 Å². The summed E-state index contributed by atoms with van der Waals surface area (Å²) < 4.78 is 0.913. The summed E-state index contributed by atoms with van der Waals surface area (Å²) in [6, 6.07) is 8.15. The molecule has 0 fully saturated rings. The van der Waals surface area contributed by atoms with Gasteiger partial charge in [0.25, 0.3) is 0 Å². The van der Waals surface area contributed by atoms with Gasteiger partial charge >= 0.3 is 0 Å². The van der Waals surface area contributed by atoms with Gasteiger partial charge in [0.05, 0.1) is 20.2 Å². The van der Waals surface area contributed by atoms with Crippen molar-refractivity contribution in [2.75, 3.05) is 26.7 Å². The van der Waals surface area contributed by atoms with Crippen LogP contribution in [0.3, 0.4) is 0 Å². The van der Waals surface area contributed by atoms with Crippen LogP contribution in [0, 0.1) is 0 Å². The first kappa shape index (κ1) is 26.5. The summed E-state index contributed by atoms with van der Waals surface area (Å²) in [6.45, 7) is 5.47. The molecule has 1 unspecified atom stereocenters. The average molecular weight is 425 g/mol. The van der Waals surface area contributed by atoms with Gasteiger partial charge in [-0.3, -0.25) is 0 Å². The lowest BCUT2D eigenvalue weighted by Crippen LogP contribution is -2.46. The molecule has 1 atom stereocenters. The van der Waals surface area contributed by atoms with E-state index in [0.717, 1.165) is 29.1 Å². The molecule has 1 aromatic rings. The summed E-state index contributed by atoms with van der Waals surface area (Å²) in [5.41, 5.74) is 1.30. The zero-order valence-electron chi connectivity index (χ0n) is 19.3. The fraction of sp³-hybridized carbons (Fsp3) is 0.769. The van der Waals surface area contributed by atoms with Crippen LogP contribution in [0.2, 0.25) is 5.02 Å². The topological polar surface area (TPSA) is 20.2 Å². The Bertz CT molecular complexity index is 490. The molecule has 0 aliphatic heterocycles. The summed E-state index contributed by atoms with van der Waals surface area (Å²) in [7, 11) is 2.27. The minimum atomic E-state index is 0.253. The molecule has 0 spiro atoms. The number of quaternary nitrogens is 1. The minimum absolute atomic E-state index is 0.253. The molecule has 2 nitrogen and oxygen atoms in total. The Morgan fingerprint density at radius 1 is 0.690 bits per heavy atom. The molecule has 168 valence electrons. The Morgan fingerprint density at radius 2 is 1.14 bits per heavy atom. The lowest BCUT2D eigenvalue weighted by atomic mass is 10.0. The molecule has 0 saturated carbocycles. The highest BCUT2D eigenvalue weighted by Gasteiger charge is 2.21. The van der Waals surface area contributed by atoms with Crippen molar-refractivity contribution in [1.82, 2.24) is 0 Å². The minimum Gasteiger partial charge on any atom is -0.391 e. The molecule has 0 radical (unpaired) electrons. The molecule has 0 heterocycles. The maximum atomic E-state index is 9.50. The van der Waals surface area contributed by atoms with Crippen LogP contribution in [0.5, 0.6) is 0 Å². The predicted molar refractivity (Wildman–Crippen MR) is 128 cm³/mol. The molecule has 0 aromatic heterocycles. The van der Waals surface area contributed by atoms with E-state index in [1.807, 2.05) is 12.1 Å². The Balaban J connectivity index is 2.04. The van der Waals surface area contributed by atoms with E-state index in [4.69, 9.17) is 11.6 Å². The fourth-order valence-corrected chi connectivity index (χ4v) is 4.36. The van der Waals surface area contributed by atoms with E-state index in [1.165, 1.54) is 95.5 Å². The summed E-state index contributed by atoms with van der Waals surface area (Å²) in [6.07, 6.45) is 19.5. The molecule has 0 aliphatic rings. The second-order valence-corrected chi connectivity index (χ2v) is 9.61. The molecule has 1 aromatic carbocycles. The van der Waals surface area contributed by atoms with Gasteiger partial charge in [-0.1, -0.05) is 108 Å². The molecular formula is C26H47ClNO+. The van der Waals surface area contributed by atoms with Gasteiger partial charge in [0.1, 0.15) is 13.1 Å². The number of nitrogens with zero attached hydrogens (tertiary/aromatic N) is 1. The summed E-state index contributed by atoms with van der Waals surface area (Å²) in [4.78, 5) is 0. The molecule has 29 heavy (non-hydrogen) atoms. The number of hydrogen-bond acceptors (Lipinski definition) is 1. The molecule has 0 aliphatic carbocycles. The predicted octanol–water partition coefficient (Wildman–Crippen LogP) is 7.76. The Morgan fingerprint density at radius 3 is 1.59 bits per heavy atom. The van der Waals surface area contributed by atoms with Crippen LogP contribution >= 0.6 is 11.6 Å². The number of halogens is 1. The van der Waals surface area contributed by atoms with Gasteiger partial charge in [-0.15, -0.1) is 0 Å². The fourth-order valence-electron chi connectivity index (χ4n) is 4.23. The highest BCUT2D eigenvalue weighted by Crippen LogP contribution is 2.18. The Hall–Kier alpha value is -0.570. The summed E-state index contributed by atoms with van der Waals surface area (Å²) in [5, 5.41) is 10.3. The molecule has 1 rings (SSSR count). The van der Waals surface area contributed by atoms with Crippen LogP contribution in [-0.2, 0) is 6.54 Å². The third-order valence-corrected chi connectivity index (χ3v) is 6.42. The van der Waals surface area contributed by atoms with Gasteiger partial charge in [0, 0.05) is 10.6 Å². The number of aliphatic hydroxyl groups is 1. The number of rotatable bonds is 19. The Labute approximate surface area is 186 Å². The third-order valence-electron chi connectivity index (χ3n) is 6.17. The first-order chi connectivity index (χ1) is 14.1. The monoisotopic (exact) mass is 424 g/mol. The van der Waals surface area contributed by atoms with Crippen molar-refractivity contribution in [3.8, 4) is 0 Å². The molecule has 0 bridgehead atoms.